The van der Waals surface area contributed by atoms with E-state index < -0.39 is 0 Å². The molecule has 110 valence electrons. The fraction of sp³-hybridized carbons (Fsp3) is 0.647. The maximum atomic E-state index is 6.01. The second-order valence-electron chi connectivity index (χ2n) is 6.17. The number of benzene rings is 1. The Hall–Kier alpha value is -0.900. The summed E-state index contributed by atoms with van der Waals surface area (Å²) >= 11 is 0. The van der Waals surface area contributed by atoms with E-state index in [0.29, 0.717) is 18.2 Å². The molecule has 2 N–H and O–H groups in total. The maximum absolute atomic E-state index is 6.01. The van der Waals surface area contributed by atoms with E-state index in [0.717, 1.165) is 25.9 Å². The van der Waals surface area contributed by atoms with Gasteiger partial charge in [0.2, 0.25) is 0 Å². The Bertz CT molecular complexity index is 448. The number of rotatable bonds is 3. The summed E-state index contributed by atoms with van der Waals surface area (Å²) < 4.78 is 5.53. The van der Waals surface area contributed by atoms with Crippen LogP contribution in [0.25, 0.3) is 0 Å². The minimum absolute atomic E-state index is 0.399. The summed E-state index contributed by atoms with van der Waals surface area (Å²) in [6.07, 6.45) is 6.30. The molecule has 2 aliphatic rings. The molecule has 0 amide bonds. The van der Waals surface area contributed by atoms with E-state index in [9.17, 15) is 0 Å². The summed E-state index contributed by atoms with van der Waals surface area (Å²) in [5.41, 5.74) is 9.09. The Morgan fingerprint density at radius 2 is 2.05 bits per heavy atom. The third kappa shape index (κ3) is 2.76. The summed E-state index contributed by atoms with van der Waals surface area (Å²) in [7, 11) is 1.82. The number of likely N-dealkylation sites (tertiary alicyclic amines) is 1. The van der Waals surface area contributed by atoms with Gasteiger partial charge in [0.15, 0.2) is 0 Å². The molecule has 1 aliphatic heterocycles. The van der Waals surface area contributed by atoms with Crippen molar-refractivity contribution < 1.29 is 4.74 Å². The predicted octanol–water partition coefficient (Wildman–Crippen LogP) is 1.98. The van der Waals surface area contributed by atoms with Crippen LogP contribution in [0.2, 0.25) is 0 Å². The van der Waals surface area contributed by atoms with E-state index in [2.05, 4.69) is 29.2 Å². The fourth-order valence-corrected chi connectivity index (χ4v) is 3.92. The van der Waals surface area contributed by atoms with Crippen molar-refractivity contribution in [2.45, 2.75) is 50.3 Å². The van der Waals surface area contributed by atoms with Crippen LogP contribution in [-0.4, -0.2) is 43.3 Å². The lowest BCUT2D eigenvalue weighted by molar-refractivity contribution is -0.00658. The minimum atomic E-state index is 0.399. The zero-order valence-corrected chi connectivity index (χ0v) is 12.4. The zero-order chi connectivity index (χ0) is 13.9. The highest BCUT2D eigenvalue weighted by molar-refractivity contribution is 5.30. The lowest BCUT2D eigenvalue weighted by atomic mass is 9.85. The first-order valence-corrected chi connectivity index (χ1v) is 7.87. The van der Waals surface area contributed by atoms with E-state index in [4.69, 9.17) is 10.5 Å². The molecule has 3 heteroatoms. The molecule has 0 saturated carbocycles. The Kier molecular flexibility index (Phi) is 4.39. The Morgan fingerprint density at radius 3 is 2.80 bits per heavy atom. The van der Waals surface area contributed by atoms with Crippen molar-refractivity contribution in [1.82, 2.24) is 4.90 Å². The van der Waals surface area contributed by atoms with Gasteiger partial charge in [-0.2, -0.15) is 0 Å². The second-order valence-corrected chi connectivity index (χ2v) is 6.17. The van der Waals surface area contributed by atoms with Crippen LogP contribution in [-0.2, 0) is 17.6 Å². The van der Waals surface area contributed by atoms with Gasteiger partial charge in [-0.05, 0) is 43.2 Å². The number of hydrogen-bond donors (Lipinski definition) is 1. The number of methoxy groups -OCH3 is 1. The Morgan fingerprint density at radius 1 is 1.25 bits per heavy atom. The largest absolute Gasteiger partial charge is 0.381 e. The van der Waals surface area contributed by atoms with Crippen molar-refractivity contribution >= 4 is 0 Å². The van der Waals surface area contributed by atoms with Crippen LogP contribution < -0.4 is 5.73 Å². The van der Waals surface area contributed by atoms with Gasteiger partial charge in [-0.3, -0.25) is 4.90 Å². The molecule has 3 unspecified atom stereocenters. The van der Waals surface area contributed by atoms with Crippen molar-refractivity contribution in [3.8, 4) is 0 Å². The Balaban J connectivity index is 1.70. The van der Waals surface area contributed by atoms with Crippen molar-refractivity contribution in [2.24, 2.45) is 5.73 Å². The highest BCUT2D eigenvalue weighted by Crippen LogP contribution is 2.29. The quantitative estimate of drug-likeness (QED) is 0.916. The number of nitrogens with zero attached hydrogens (tertiary/aromatic N) is 1. The first kappa shape index (κ1) is 14.1. The van der Waals surface area contributed by atoms with E-state index >= 15 is 0 Å². The molecule has 20 heavy (non-hydrogen) atoms. The fourth-order valence-electron chi connectivity index (χ4n) is 3.92. The standard InChI is InChI=1S/C17H26N2O/c1-20-17-8-9-19(16(11-17)12-18)15-7-6-13-4-2-3-5-14(13)10-15/h2-5,15-17H,6-12,18H2,1H3. The first-order chi connectivity index (χ1) is 9.81. The summed E-state index contributed by atoms with van der Waals surface area (Å²) in [6, 6.07) is 10.1. The monoisotopic (exact) mass is 274 g/mol. The topological polar surface area (TPSA) is 38.5 Å². The first-order valence-electron chi connectivity index (χ1n) is 7.87. The van der Waals surface area contributed by atoms with Crippen LogP contribution >= 0.6 is 0 Å². The molecule has 1 aromatic rings. The molecule has 0 spiro atoms. The molecule has 3 rings (SSSR count). The number of nitrogens with two attached hydrogens (primary N) is 1. The van der Waals surface area contributed by atoms with Crippen LogP contribution in [0.3, 0.4) is 0 Å². The van der Waals surface area contributed by atoms with Gasteiger partial charge in [0, 0.05) is 32.3 Å². The zero-order valence-electron chi connectivity index (χ0n) is 12.4. The van der Waals surface area contributed by atoms with Gasteiger partial charge < -0.3 is 10.5 Å². The summed E-state index contributed by atoms with van der Waals surface area (Å²) in [6.45, 7) is 1.88. The summed E-state index contributed by atoms with van der Waals surface area (Å²) in [4.78, 5) is 2.66. The summed E-state index contributed by atoms with van der Waals surface area (Å²) in [5, 5.41) is 0. The van der Waals surface area contributed by atoms with Crippen molar-refractivity contribution in [3.05, 3.63) is 35.4 Å². The SMILES string of the molecule is COC1CCN(C2CCc3ccccc3C2)C(CN)C1. The van der Waals surface area contributed by atoms with E-state index in [-0.39, 0.29) is 0 Å². The molecule has 1 aliphatic carbocycles. The third-order valence-electron chi connectivity index (χ3n) is 5.11. The van der Waals surface area contributed by atoms with Gasteiger partial charge in [-0.1, -0.05) is 24.3 Å². The second kappa shape index (κ2) is 6.25. The van der Waals surface area contributed by atoms with Crippen molar-refractivity contribution in [3.63, 3.8) is 0 Å². The molecule has 0 aromatic heterocycles. The lowest BCUT2D eigenvalue weighted by Gasteiger charge is -2.44. The van der Waals surface area contributed by atoms with E-state index in [1.165, 1.54) is 24.8 Å². The van der Waals surface area contributed by atoms with Crippen LogP contribution in [0.4, 0.5) is 0 Å². The average Bonchev–Trinajstić information content (AvgIpc) is 2.53. The Labute approximate surface area is 122 Å². The highest BCUT2D eigenvalue weighted by Gasteiger charge is 2.33. The number of fused-ring (bicyclic) bond motifs is 1. The van der Waals surface area contributed by atoms with Gasteiger partial charge in [0.05, 0.1) is 6.10 Å². The number of aryl methyl sites for hydroxylation is 1. The van der Waals surface area contributed by atoms with E-state index in [1.54, 1.807) is 5.56 Å². The smallest absolute Gasteiger partial charge is 0.0599 e. The summed E-state index contributed by atoms with van der Waals surface area (Å²) in [5.74, 6) is 0. The minimum Gasteiger partial charge on any atom is -0.381 e. The van der Waals surface area contributed by atoms with Crippen molar-refractivity contribution in [2.75, 3.05) is 20.2 Å². The van der Waals surface area contributed by atoms with Gasteiger partial charge >= 0.3 is 0 Å². The van der Waals surface area contributed by atoms with Crippen LogP contribution in [0.15, 0.2) is 24.3 Å². The molecule has 1 aromatic carbocycles. The molecule has 0 radical (unpaired) electrons. The molecule has 3 atom stereocenters. The predicted molar refractivity (Wildman–Crippen MR) is 81.8 cm³/mol. The molecular weight excluding hydrogens is 248 g/mol. The lowest BCUT2D eigenvalue weighted by Crippen LogP contribution is -2.54. The molecule has 1 heterocycles. The van der Waals surface area contributed by atoms with Crippen LogP contribution in [0, 0.1) is 0 Å². The number of piperidine rings is 1. The average molecular weight is 274 g/mol. The molecule has 0 bridgehead atoms. The maximum Gasteiger partial charge on any atom is 0.0599 e. The number of ether oxygens (including phenoxy) is 1. The van der Waals surface area contributed by atoms with Gasteiger partial charge in [-0.15, -0.1) is 0 Å². The van der Waals surface area contributed by atoms with Crippen LogP contribution in [0.5, 0.6) is 0 Å². The third-order valence-corrected chi connectivity index (χ3v) is 5.11. The number of hydrogen-bond acceptors (Lipinski definition) is 3. The van der Waals surface area contributed by atoms with Crippen LogP contribution in [0.1, 0.15) is 30.4 Å². The molecule has 3 nitrogen and oxygen atoms in total. The van der Waals surface area contributed by atoms with Gasteiger partial charge in [-0.25, -0.2) is 0 Å². The van der Waals surface area contributed by atoms with Gasteiger partial charge in [0.25, 0.3) is 0 Å². The highest BCUT2D eigenvalue weighted by atomic mass is 16.5. The van der Waals surface area contributed by atoms with E-state index in [1.807, 2.05) is 7.11 Å². The molecular formula is C17H26N2O. The van der Waals surface area contributed by atoms with Crippen molar-refractivity contribution in [1.29, 1.82) is 0 Å². The molecule has 1 saturated heterocycles. The normalized spacial score (nSPS) is 31.0. The molecule has 1 fully saturated rings. The van der Waals surface area contributed by atoms with Gasteiger partial charge in [0.1, 0.15) is 0 Å².